The Bertz CT molecular complexity index is 2420. The van der Waals surface area contributed by atoms with Gasteiger partial charge in [0.1, 0.15) is 22.8 Å². The van der Waals surface area contributed by atoms with E-state index in [0.29, 0.717) is 0 Å². The van der Waals surface area contributed by atoms with Gasteiger partial charge in [0.05, 0.1) is 21.9 Å². The fraction of sp³-hybridized carbons (Fsp3) is 0.0263. The molecule has 0 bridgehead atoms. The van der Waals surface area contributed by atoms with Crippen LogP contribution in [0.25, 0.3) is 71.9 Å². The Morgan fingerprint density at radius 2 is 1.30 bits per heavy atom. The Morgan fingerprint density at radius 1 is 0.605 bits per heavy atom. The van der Waals surface area contributed by atoms with Gasteiger partial charge in [-0.2, -0.15) is 0 Å². The van der Waals surface area contributed by atoms with E-state index in [1.165, 1.54) is 44.7 Å². The van der Waals surface area contributed by atoms with Crippen molar-refractivity contribution in [2.45, 2.75) is 0 Å². The zero-order valence-corrected chi connectivity index (χ0v) is 23.4. The predicted octanol–water partition coefficient (Wildman–Crippen LogP) is 10.1. The fourth-order valence-corrected chi connectivity index (χ4v) is 6.09. The number of fused-ring (bicyclic) bond motifs is 8. The summed E-state index contributed by atoms with van der Waals surface area (Å²) >= 11 is 0. The fourth-order valence-electron chi connectivity index (χ4n) is 6.09. The summed E-state index contributed by atoms with van der Waals surface area (Å²) in [7, 11) is 2.11. The molecule has 0 aliphatic rings. The third-order valence-electron chi connectivity index (χ3n) is 8.08. The van der Waals surface area contributed by atoms with Gasteiger partial charge >= 0.3 is 0 Å². The number of rotatable bonds is 2. The molecule has 3 heterocycles. The maximum atomic E-state index is 13.7. The van der Waals surface area contributed by atoms with Crippen molar-refractivity contribution >= 4 is 54.8 Å². The van der Waals surface area contributed by atoms with Crippen LogP contribution in [0.1, 0.15) is 0 Å². The van der Waals surface area contributed by atoms with E-state index in [1.54, 1.807) is 6.07 Å². The van der Waals surface area contributed by atoms with Crippen LogP contribution in [0.5, 0.6) is 0 Å². The van der Waals surface area contributed by atoms with Gasteiger partial charge in [-0.1, -0.05) is 84.9 Å². The van der Waals surface area contributed by atoms with Gasteiger partial charge in [0.2, 0.25) is 0 Å². The van der Waals surface area contributed by atoms with E-state index in [1.807, 2.05) is 77.4 Å². The third-order valence-corrected chi connectivity index (χ3v) is 8.08. The topological polar surface area (TPSA) is 35.9 Å². The molecule has 9 rings (SSSR count). The van der Waals surface area contributed by atoms with Gasteiger partial charge in [-0.05, 0) is 48.5 Å². The summed E-state index contributed by atoms with van der Waals surface area (Å²) in [6.07, 6.45) is 0. The predicted molar refractivity (Wildman–Crippen MR) is 174 cm³/mol. The number of hydrogen-bond donors (Lipinski definition) is 0. The lowest BCUT2D eigenvalue weighted by Crippen LogP contribution is -1.97. The molecule has 0 saturated heterocycles. The summed E-state index contributed by atoms with van der Waals surface area (Å²) in [6, 6.07) is 45.6. The molecule has 0 amide bonds. The molecule has 6 aromatic carbocycles. The number of hydrogen-bond acceptors (Lipinski definition) is 2. The highest BCUT2D eigenvalue weighted by Crippen LogP contribution is 2.38. The number of furan rings is 1. The maximum absolute atomic E-state index is 13.7. The second-order valence-corrected chi connectivity index (χ2v) is 10.6. The number of imidazole rings is 1. The Morgan fingerprint density at radius 3 is 2.12 bits per heavy atom. The highest BCUT2D eigenvalue weighted by atomic mass is 19.1. The molecular formula is C38H26FN3O. The summed E-state index contributed by atoms with van der Waals surface area (Å²) in [5.74, 6) is 0.552. The molecule has 206 valence electrons. The van der Waals surface area contributed by atoms with E-state index in [2.05, 4.69) is 60.1 Å². The molecule has 43 heavy (non-hydrogen) atoms. The Balaban J connectivity index is 0.000000129. The highest BCUT2D eigenvalue weighted by Gasteiger charge is 2.16. The minimum atomic E-state index is -0.260. The second-order valence-electron chi connectivity index (χ2n) is 10.6. The van der Waals surface area contributed by atoms with Crippen LogP contribution in [-0.2, 0) is 7.05 Å². The molecule has 9 aromatic rings. The van der Waals surface area contributed by atoms with Gasteiger partial charge < -0.3 is 8.98 Å². The summed E-state index contributed by atoms with van der Waals surface area (Å²) in [6.45, 7) is 0. The number of aryl methyl sites for hydroxylation is 1. The summed E-state index contributed by atoms with van der Waals surface area (Å²) < 4.78 is 24.1. The molecule has 0 aliphatic carbocycles. The number of nitrogens with zero attached hydrogens (tertiary/aromatic N) is 3. The molecule has 0 unspecified atom stereocenters. The van der Waals surface area contributed by atoms with Crippen molar-refractivity contribution < 1.29 is 8.81 Å². The average Bonchev–Trinajstić information content (AvgIpc) is 3.72. The van der Waals surface area contributed by atoms with Crippen LogP contribution in [0.4, 0.5) is 4.39 Å². The molecular weight excluding hydrogens is 533 g/mol. The van der Waals surface area contributed by atoms with Crippen molar-refractivity contribution in [2.75, 3.05) is 0 Å². The number of benzene rings is 6. The zero-order chi connectivity index (χ0) is 28.9. The van der Waals surface area contributed by atoms with Crippen molar-refractivity contribution in [3.63, 3.8) is 0 Å². The Hall–Kier alpha value is -5.68. The van der Waals surface area contributed by atoms with Crippen LogP contribution < -0.4 is 0 Å². The first kappa shape index (κ1) is 25.1. The van der Waals surface area contributed by atoms with E-state index in [-0.39, 0.29) is 5.82 Å². The molecule has 0 fully saturated rings. The van der Waals surface area contributed by atoms with Crippen LogP contribution in [0.15, 0.2) is 144 Å². The largest absolute Gasteiger partial charge is 0.455 e. The van der Waals surface area contributed by atoms with Gasteiger partial charge in [0, 0.05) is 46.0 Å². The third kappa shape index (κ3) is 4.09. The zero-order valence-electron chi connectivity index (χ0n) is 23.4. The van der Waals surface area contributed by atoms with Crippen molar-refractivity contribution in [3.05, 3.63) is 145 Å². The minimum Gasteiger partial charge on any atom is -0.455 e. The average molecular weight is 560 g/mol. The van der Waals surface area contributed by atoms with Crippen LogP contribution >= 0.6 is 0 Å². The van der Waals surface area contributed by atoms with Crippen molar-refractivity contribution in [3.8, 4) is 17.1 Å². The van der Waals surface area contributed by atoms with E-state index >= 15 is 0 Å². The number of aromatic nitrogens is 3. The molecule has 0 saturated carbocycles. The second kappa shape index (κ2) is 10.00. The normalized spacial score (nSPS) is 11.5. The first-order valence-electron chi connectivity index (χ1n) is 14.2. The molecule has 4 nitrogen and oxygen atoms in total. The van der Waals surface area contributed by atoms with E-state index in [0.717, 1.165) is 39.3 Å². The molecule has 0 aliphatic heterocycles. The van der Waals surface area contributed by atoms with Crippen LogP contribution in [0.2, 0.25) is 0 Å². The lowest BCUT2D eigenvalue weighted by molar-refractivity contribution is 0.629. The first-order valence-corrected chi connectivity index (χ1v) is 14.2. The van der Waals surface area contributed by atoms with Gasteiger partial charge in [-0.3, -0.25) is 4.57 Å². The number of para-hydroxylation sites is 3. The van der Waals surface area contributed by atoms with Gasteiger partial charge in [0.15, 0.2) is 0 Å². The molecule has 0 atom stereocenters. The van der Waals surface area contributed by atoms with E-state index in [9.17, 15) is 4.39 Å². The van der Waals surface area contributed by atoms with Crippen LogP contribution in [-0.4, -0.2) is 14.1 Å². The quantitative estimate of drug-likeness (QED) is 0.211. The smallest absolute Gasteiger partial charge is 0.145 e. The van der Waals surface area contributed by atoms with Crippen molar-refractivity contribution in [1.82, 2.24) is 14.1 Å². The highest BCUT2D eigenvalue weighted by molar-refractivity contribution is 6.23. The summed E-state index contributed by atoms with van der Waals surface area (Å²) in [4.78, 5) is 4.70. The van der Waals surface area contributed by atoms with Crippen molar-refractivity contribution in [1.29, 1.82) is 0 Å². The lowest BCUT2D eigenvalue weighted by atomic mass is 10.1. The van der Waals surface area contributed by atoms with Crippen LogP contribution in [0.3, 0.4) is 0 Å². The van der Waals surface area contributed by atoms with Gasteiger partial charge in [-0.15, -0.1) is 0 Å². The number of halogens is 1. The van der Waals surface area contributed by atoms with Crippen LogP contribution in [0, 0.1) is 5.82 Å². The molecule has 0 spiro atoms. The maximum Gasteiger partial charge on any atom is 0.145 e. The Labute approximate surface area is 246 Å². The molecule has 5 heteroatoms. The monoisotopic (exact) mass is 559 g/mol. The molecule has 0 N–H and O–H groups in total. The van der Waals surface area contributed by atoms with Crippen molar-refractivity contribution in [2.24, 2.45) is 7.05 Å². The van der Waals surface area contributed by atoms with E-state index < -0.39 is 0 Å². The summed E-state index contributed by atoms with van der Waals surface area (Å²) in [5.41, 5.74) is 7.91. The molecule has 0 radical (unpaired) electrons. The molecule has 3 aromatic heterocycles. The SMILES string of the molecule is Cn1c2ccccc2c2c3oc4ccccc4c3ccc21.Fc1ccc2nc(-c3ccccc3)n(-c3ccccc3)c2c1. The Kier molecular flexibility index (Phi) is 5.83. The van der Waals surface area contributed by atoms with Gasteiger partial charge in [0.25, 0.3) is 0 Å². The minimum absolute atomic E-state index is 0.260. The standard InChI is InChI=1S/C19H13FN2.C19H13NO/c20-15-11-12-17-18(13-15)22(16-9-5-2-6-10-16)19(21-17)14-7-3-1-4-8-14;1-20-15-8-4-2-7-14(15)18-16(20)11-10-13-12-6-3-5-9-17(12)21-19(13)18/h1-13H;2-11H,1H3. The first-order chi connectivity index (χ1) is 21.2. The summed E-state index contributed by atoms with van der Waals surface area (Å²) in [5, 5.41) is 4.83. The van der Waals surface area contributed by atoms with Gasteiger partial charge in [-0.25, -0.2) is 9.37 Å². The van der Waals surface area contributed by atoms with E-state index in [4.69, 9.17) is 9.40 Å². The lowest BCUT2D eigenvalue weighted by Gasteiger charge is -2.09.